The average Bonchev–Trinajstić information content (AvgIpc) is 3.05. The number of thiophene rings is 1. The Kier molecular flexibility index (Phi) is 4.70. The first-order valence-electron chi connectivity index (χ1n) is 5.76. The molecule has 2 rings (SSSR count). The van der Waals surface area contributed by atoms with Crippen LogP contribution in [0, 0.1) is 11.8 Å². The molecule has 2 heterocycles. The number of hydrogen-bond acceptors (Lipinski definition) is 4. The second-order valence-corrected chi connectivity index (χ2v) is 6.12. The van der Waals surface area contributed by atoms with Gasteiger partial charge in [0.2, 0.25) is 0 Å². The smallest absolute Gasteiger partial charge is 0.265 e. The molecular weight excluding hydrogens is 266 g/mol. The standard InChI is InChI=1S/C13H15NO2S2/c1-14(11-5-7-17-9-11)13(16)12-10(3-2-6-15)4-8-18-12/h4,8,11,15H,5-7,9H2,1H3. The quantitative estimate of drug-likeness (QED) is 0.838. The molecule has 1 unspecified atom stereocenters. The van der Waals surface area contributed by atoms with Crippen molar-refractivity contribution in [3.05, 3.63) is 21.9 Å². The Morgan fingerprint density at radius 3 is 3.17 bits per heavy atom. The van der Waals surface area contributed by atoms with Crippen LogP contribution in [-0.4, -0.2) is 47.1 Å². The number of rotatable bonds is 2. The third kappa shape index (κ3) is 2.89. The molecule has 1 aromatic heterocycles. The van der Waals surface area contributed by atoms with Gasteiger partial charge in [0.25, 0.3) is 5.91 Å². The monoisotopic (exact) mass is 281 g/mol. The lowest BCUT2D eigenvalue weighted by Crippen LogP contribution is -2.36. The molecule has 0 radical (unpaired) electrons. The predicted octanol–water partition coefficient (Wildman–Crippen LogP) is 1.67. The largest absolute Gasteiger partial charge is 0.384 e. The summed E-state index contributed by atoms with van der Waals surface area (Å²) in [5.41, 5.74) is 0.719. The number of amides is 1. The molecule has 96 valence electrons. The molecule has 0 saturated carbocycles. The van der Waals surface area contributed by atoms with Gasteiger partial charge in [-0.25, -0.2) is 0 Å². The summed E-state index contributed by atoms with van der Waals surface area (Å²) in [6, 6.07) is 2.17. The van der Waals surface area contributed by atoms with Gasteiger partial charge in [-0.1, -0.05) is 11.8 Å². The van der Waals surface area contributed by atoms with Crippen molar-refractivity contribution >= 4 is 29.0 Å². The van der Waals surface area contributed by atoms with E-state index in [0.29, 0.717) is 10.9 Å². The van der Waals surface area contributed by atoms with Crippen LogP contribution in [-0.2, 0) is 0 Å². The fourth-order valence-corrected chi connectivity index (χ4v) is 3.96. The van der Waals surface area contributed by atoms with Gasteiger partial charge in [-0.2, -0.15) is 11.8 Å². The van der Waals surface area contributed by atoms with Crippen molar-refractivity contribution in [1.29, 1.82) is 0 Å². The number of thioether (sulfide) groups is 1. The van der Waals surface area contributed by atoms with Gasteiger partial charge in [-0.05, 0) is 23.6 Å². The van der Waals surface area contributed by atoms with Gasteiger partial charge in [-0.3, -0.25) is 4.79 Å². The Hall–Kier alpha value is -0.960. The number of aliphatic hydroxyl groups is 1. The van der Waals surface area contributed by atoms with Crippen LogP contribution in [0.15, 0.2) is 11.4 Å². The summed E-state index contributed by atoms with van der Waals surface area (Å²) in [6.07, 6.45) is 1.07. The summed E-state index contributed by atoms with van der Waals surface area (Å²) < 4.78 is 0. The zero-order valence-corrected chi connectivity index (χ0v) is 11.8. The molecule has 1 aromatic rings. The molecule has 1 amide bonds. The van der Waals surface area contributed by atoms with Crippen molar-refractivity contribution in [3.63, 3.8) is 0 Å². The molecule has 1 aliphatic rings. The van der Waals surface area contributed by atoms with Crippen molar-refractivity contribution in [3.8, 4) is 11.8 Å². The number of carbonyl (C=O) groups is 1. The molecule has 1 aliphatic heterocycles. The normalized spacial score (nSPS) is 18.2. The van der Waals surface area contributed by atoms with Gasteiger partial charge >= 0.3 is 0 Å². The van der Waals surface area contributed by atoms with E-state index < -0.39 is 0 Å². The summed E-state index contributed by atoms with van der Waals surface area (Å²) >= 11 is 3.30. The van der Waals surface area contributed by atoms with E-state index >= 15 is 0 Å². The molecule has 0 aliphatic carbocycles. The second-order valence-electron chi connectivity index (χ2n) is 4.06. The fraction of sp³-hybridized carbons (Fsp3) is 0.462. The SMILES string of the molecule is CN(C(=O)c1sccc1C#CCO)C1CCSC1. The molecule has 1 fully saturated rings. The van der Waals surface area contributed by atoms with Crippen molar-refractivity contribution in [1.82, 2.24) is 4.90 Å². The summed E-state index contributed by atoms with van der Waals surface area (Å²) in [5.74, 6) is 7.61. The Bertz CT molecular complexity index is 481. The van der Waals surface area contributed by atoms with Gasteiger partial charge in [0.15, 0.2) is 0 Å². The van der Waals surface area contributed by atoms with Crippen LogP contribution < -0.4 is 0 Å². The highest BCUT2D eigenvalue weighted by Gasteiger charge is 2.26. The van der Waals surface area contributed by atoms with E-state index in [1.165, 1.54) is 11.3 Å². The summed E-state index contributed by atoms with van der Waals surface area (Å²) in [5, 5.41) is 10.6. The molecule has 1 saturated heterocycles. The maximum Gasteiger partial charge on any atom is 0.265 e. The minimum atomic E-state index is -0.182. The van der Waals surface area contributed by atoms with Gasteiger partial charge in [0.05, 0.1) is 0 Å². The topological polar surface area (TPSA) is 40.5 Å². The molecule has 18 heavy (non-hydrogen) atoms. The van der Waals surface area contributed by atoms with E-state index in [9.17, 15) is 4.79 Å². The molecule has 0 spiro atoms. The summed E-state index contributed by atoms with van der Waals surface area (Å²) in [7, 11) is 1.86. The highest BCUT2D eigenvalue weighted by atomic mass is 32.2. The molecule has 0 aromatic carbocycles. The fourth-order valence-electron chi connectivity index (χ4n) is 1.86. The number of hydrogen-bond donors (Lipinski definition) is 1. The lowest BCUT2D eigenvalue weighted by atomic mass is 10.2. The van der Waals surface area contributed by atoms with E-state index in [1.807, 2.05) is 35.2 Å². The first-order valence-corrected chi connectivity index (χ1v) is 7.79. The molecular formula is C13H15NO2S2. The van der Waals surface area contributed by atoms with Gasteiger partial charge in [-0.15, -0.1) is 11.3 Å². The van der Waals surface area contributed by atoms with Crippen LogP contribution in [0.3, 0.4) is 0 Å². The highest BCUT2D eigenvalue weighted by Crippen LogP contribution is 2.25. The third-order valence-corrected chi connectivity index (χ3v) is 4.98. The lowest BCUT2D eigenvalue weighted by molar-refractivity contribution is 0.0752. The zero-order chi connectivity index (χ0) is 13.0. The van der Waals surface area contributed by atoms with E-state index in [-0.39, 0.29) is 12.5 Å². The Balaban J connectivity index is 2.15. The highest BCUT2D eigenvalue weighted by molar-refractivity contribution is 7.99. The minimum absolute atomic E-state index is 0.0414. The summed E-state index contributed by atoms with van der Waals surface area (Å²) in [4.78, 5) is 14.9. The molecule has 5 heteroatoms. The van der Waals surface area contributed by atoms with Crippen molar-refractivity contribution in [2.75, 3.05) is 25.2 Å². The van der Waals surface area contributed by atoms with Crippen LogP contribution in [0.2, 0.25) is 0 Å². The van der Waals surface area contributed by atoms with E-state index in [4.69, 9.17) is 5.11 Å². The van der Waals surface area contributed by atoms with Crippen LogP contribution in [0.4, 0.5) is 0 Å². The van der Waals surface area contributed by atoms with Gasteiger partial charge < -0.3 is 10.0 Å². The maximum absolute atomic E-state index is 12.4. The predicted molar refractivity (Wildman–Crippen MR) is 76.1 cm³/mol. The number of aliphatic hydroxyl groups excluding tert-OH is 1. The van der Waals surface area contributed by atoms with Crippen LogP contribution in [0.5, 0.6) is 0 Å². The van der Waals surface area contributed by atoms with Crippen LogP contribution in [0.1, 0.15) is 21.7 Å². The number of carbonyl (C=O) groups excluding carboxylic acids is 1. The Morgan fingerprint density at radius 1 is 1.67 bits per heavy atom. The van der Waals surface area contributed by atoms with Crippen molar-refractivity contribution in [2.45, 2.75) is 12.5 Å². The third-order valence-electron chi connectivity index (χ3n) is 2.94. The lowest BCUT2D eigenvalue weighted by Gasteiger charge is -2.23. The van der Waals surface area contributed by atoms with Crippen LogP contribution >= 0.6 is 23.1 Å². The summed E-state index contributed by atoms with van der Waals surface area (Å²) in [6.45, 7) is -0.182. The minimum Gasteiger partial charge on any atom is -0.384 e. The van der Waals surface area contributed by atoms with Crippen molar-refractivity contribution < 1.29 is 9.90 Å². The Morgan fingerprint density at radius 2 is 2.50 bits per heavy atom. The molecule has 0 bridgehead atoms. The molecule has 3 nitrogen and oxygen atoms in total. The van der Waals surface area contributed by atoms with E-state index in [2.05, 4.69) is 11.8 Å². The zero-order valence-electron chi connectivity index (χ0n) is 10.2. The van der Waals surface area contributed by atoms with Gasteiger partial charge in [0, 0.05) is 24.4 Å². The first kappa shape index (κ1) is 13.5. The van der Waals surface area contributed by atoms with E-state index in [1.54, 1.807) is 0 Å². The average molecular weight is 281 g/mol. The maximum atomic E-state index is 12.4. The van der Waals surface area contributed by atoms with E-state index in [0.717, 1.165) is 23.5 Å². The first-order chi connectivity index (χ1) is 8.74. The molecule has 1 N–H and O–H groups in total. The van der Waals surface area contributed by atoms with Crippen LogP contribution in [0.25, 0.3) is 0 Å². The molecule has 1 atom stereocenters. The van der Waals surface area contributed by atoms with Crippen molar-refractivity contribution in [2.24, 2.45) is 0 Å². The second kappa shape index (κ2) is 6.28. The number of nitrogens with zero attached hydrogens (tertiary/aromatic N) is 1. The van der Waals surface area contributed by atoms with Gasteiger partial charge in [0.1, 0.15) is 11.5 Å². The Labute approximate surface area is 115 Å².